The molecule has 5 rings (SSSR count). The van der Waals surface area contributed by atoms with Gasteiger partial charge in [-0.2, -0.15) is 10.1 Å². The summed E-state index contributed by atoms with van der Waals surface area (Å²) < 4.78 is 1.90. The third-order valence-electron chi connectivity index (χ3n) is 4.53. The largest absolute Gasteiger partial charge is 0.329 e. The molecule has 126 valence electrons. The maximum absolute atomic E-state index is 4.73. The van der Waals surface area contributed by atoms with E-state index in [9.17, 15) is 0 Å². The summed E-state index contributed by atoms with van der Waals surface area (Å²) in [5.41, 5.74) is 4.16. The van der Waals surface area contributed by atoms with Gasteiger partial charge in [-0.15, -0.1) is 10.2 Å². The highest BCUT2D eigenvalue weighted by molar-refractivity contribution is 5.95. The highest BCUT2D eigenvalue weighted by Gasteiger charge is 2.15. The van der Waals surface area contributed by atoms with Gasteiger partial charge in [0, 0.05) is 29.9 Å². The van der Waals surface area contributed by atoms with Gasteiger partial charge in [-0.05, 0) is 29.8 Å². The molecule has 0 unspecified atom stereocenters. The van der Waals surface area contributed by atoms with Crippen molar-refractivity contribution >= 4 is 28.2 Å². The van der Waals surface area contributed by atoms with Crippen molar-refractivity contribution in [2.45, 2.75) is 0 Å². The second kappa shape index (κ2) is 5.66. The monoisotopic (exact) mass is 341 g/mol. The van der Waals surface area contributed by atoms with Crippen molar-refractivity contribution in [1.29, 1.82) is 0 Å². The Balaban J connectivity index is 1.78. The number of benzene rings is 2. The molecule has 5 aromatic rings. The fraction of sp³-hybridized carbons (Fsp3) is 0.0526. The van der Waals surface area contributed by atoms with Crippen LogP contribution < -0.4 is 4.90 Å². The molecule has 7 heteroatoms. The topological polar surface area (TPSA) is 75.0 Å². The maximum atomic E-state index is 4.73. The van der Waals surface area contributed by atoms with Crippen LogP contribution in [0.15, 0.2) is 67.3 Å². The van der Waals surface area contributed by atoms with Gasteiger partial charge in [0.25, 0.3) is 5.78 Å². The van der Waals surface area contributed by atoms with Gasteiger partial charge in [-0.25, -0.2) is 0 Å². The number of anilines is 2. The minimum absolute atomic E-state index is 0.569. The SMILES string of the molecule is CN(c1ccccc1)c1nc2nncn2c2cc(-c3cn[nH]c3)ccc12. The summed E-state index contributed by atoms with van der Waals surface area (Å²) in [7, 11) is 2.01. The minimum atomic E-state index is 0.569. The predicted octanol–water partition coefficient (Wildman–Crippen LogP) is 3.44. The quantitative estimate of drug-likeness (QED) is 0.544. The number of H-pyrrole nitrogens is 1. The van der Waals surface area contributed by atoms with Crippen molar-refractivity contribution in [3.8, 4) is 11.1 Å². The van der Waals surface area contributed by atoms with E-state index in [2.05, 4.69) is 55.6 Å². The first-order valence-electron chi connectivity index (χ1n) is 8.23. The van der Waals surface area contributed by atoms with E-state index in [4.69, 9.17) is 4.98 Å². The second-order valence-corrected chi connectivity index (χ2v) is 6.05. The van der Waals surface area contributed by atoms with Crippen LogP contribution in [0.1, 0.15) is 0 Å². The number of hydrogen-bond acceptors (Lipinski definition) is 5. The number of nitrogens with one attached hydrogen (secondary N) is 1. The van der Waals surface area contributed by atoms with E-state index in [1.165, 1.54) is 0 Å². The molecule has 0 saturated carbocycles. The Morgan fingerprint density at radius 2 is 1.92 bits per heavy atom. The molecule has 0 spiro atoms. The van der Waals surface area contributed by atoms with Crippen LogP contribution in [0.2, 0.25) is 0 Å². The first-order valence-corrected chi connectivity index (χ1v) is 8.23. The third kappa shape index (κ3) is 2.21. The smallest absolute Gasteiger partial charge is 0.257 e. The van der Waals surface area contributed by atoms with Gasteiger partial charge in [0.2, 0.25) is 0 Å². The van der Waals surface area contributed by atoms with E-state index >= 15 is 0 Å². The van der Waals surface area contributed by atoms with E-state index in [-0.39, 0.29) is 0 Å². The van der Waals surface area contributed by atoms with Gasteiger partial charge in [0.15, 0.2) is 0 Å². The molecule has 0 saturated heterocycles. The standard InChI is InChI=1S/C19H15N7/c1-25(15-5-3-2-4-6-15)18-16-8-7-13(14-10-20-21-11-14)9-17(16)26-12-22-24-19(26)23-18/h2-12H,1H3,(H,20,21). The summed E-state index contributed by atoms with van der Waals surface area (Å²) in [4.78, 5) is 6.79. The van der Waals surface area contributed by atoms with Crippen molar-refractivity contribution in [2.24, 2.45) is 0 Å². The van der Waals surface area contributed by atoms with Crippen LogP contribution in [0.25, 0.3) is 27.8 Å². The number of nitrogens with zero attached hydrogens (tertiary/aromatic N) is 6. The fourth-order valence-electron chi connectivity index (χ4n) is 3.17. The Bertz CT molecular complexity index is 1190. The Hall–Kier alpha value is -3.74. The molecule has 0 bridgehead atoms. The lowest BCUT2D eigenvalue weighted by atomic mass is 10.1. The number of para-hydroxylation sites is 1. The molecule has 0 aliphatic carbocycles. The van der Waals surface area contributed by atoms with Crippen molar-refractivity contribution in [3.63, 3.8) is 0 Å². The van der Waals surface area contributed by atoms with Crippen LogP contribution in [0.5, 0.6) is 0 Å². The molecule has 7 nitrogen and oxygen atoms in total. The first kappa shape index (κ1) is 14.6. The minimum Gasteiger partial charge on any atom is -0.329 e. The summed E-state index contributed by atoms with van der Waals surface area (Å²) >= 11 is 0. The van der Waals surface area contributed by atoms with Crippen molar-refractivity contribution in [1.82, 2.24) is 29.8 Å². The van der Waals surface area contributed by atoms with E-state index in [0.29, 0.717) is 5.78 Å². The molecule has 3 heterocycles. The predicted molar refractivity (Wildman–Crippen MR) is 100 cm³/mol. The normalized spacial score (nSPS) is 11.3. The molecule has 1 N–H and O–H groups in total. The van der Waals surface area contributed by atoms with Crippen molar-refractivity contribution in [3.05, 3.63) is 67.3 Å². The highest BCUT2D eigenvalue weighted by atomic mass is 15.3. The van der Waals surface area contributed by atoms with Crippen LogP contribution in [-0.4, -0.2) is 36.8 Å². The van der Waals surface area contributed by atoms with Gasteiger partial charge in [0.05, 0.1) is 11.7 Å². The van der Waals surface area contributed by atoms with Crippen LogP contribution in [0, 0.1) is 0 Å². The molecule has 0 amide bonds. The molecule has 0 aliphatic heterocycles. The zero-order valence-electron chi connectivity index (χ0n) is 14.0. The zero-order chi connectivity index (χ0) is 17.5. The Kier molecular flexibility index (Phi) is 3.18. The molecule has 26 heavy (non-hydrogen) atoms. The zero-order valence-corrected chi connectivity index (χ0v) is 14.0. The van der Waals surface area contributed by atoms with E-state index in [0.717, 1.165) is 33.5 Å². The first-order chi connectivity index (χ1) is 12.8. The molecule has 2 aromatic carbocycles. The Morgan fingerprint density at radius 3 is 2.73 bits per heavy atom. The average Bonchev–Trinajstić information content (AvgIpc) is 3.39. The van der Waals surface area contributed by atoms with E-state index < -0.39 is 0 Å². The average molecular weight is 341 g/mol. The van der Waals surface area contributed by atoms with Crippen LogP contribution in [0.4, 0.5) is 11.5 Å². The summed E-state index contributed by atoms with van der Waals surface area (Å²) in [6.45, 7) is 0. The van der Waals surface area contributed by atoms with E-state index in [1.54, 1.807) is 6.33 Å². The van der Waals surface area contributed by atoms with E-state index in [1.807, 2.05) is 42.0 Å². The molecular weight excluding hydrogens is 326 g/mol. The van der Waals surface area contributed by atoms with Gasteiger partial charge in [-0.3, -0.25) is 9.50 Å². The number of fused-ring (bicyclic) bond motifs is 3. The number of aromatic nitrogens is 6. The van der Waals surface area contributed by atoms with Gasteiger partial charge in [0.1, 0.15) is 12.1 Å². The summed E-state index contributed by atoms with van der Waals surface area (Å²) in [5.74, 6) is 1.41. The summed E-state index contributed by atoms with van der Waals surface area (Å²) in [5, 5.41) is 16.1. The second-order valence-electron chi connectivity index (χ2n) is 6.05. The lowest BCUT2D eigenvalue weighted by molar-refractivity contribution is 1.08. The summed E-state index contributed by atoms with van der Waals surface area (Å²) in [6, 6.07) is 16.4. The van der Waals surface area contributed by atoms with Gasteiger partial charge in [-0.1, -0.05) is 24.3 Å². The van der Waals surface area contributed by atoms with Crippen molar-refractivity contribution in [2.75, 3.05) is 11.9 Å². The molecule has 0 radical (unpaired) electrons. The molecular formula is C19H15N7. The lowest BCUT2D eigenvalue weighted by Gasteiger charge is -2.20. The molecule has 3 aromatic heterocycles. The Morgan fingerprint density at radius 1 is 1.04 bits per heavy atom. The molecule has 0 aliphatic rings. The molecule has 0 fully saturated rings. The third-order valence-corrected chi connectivity index (χ3v) is 4.53. The number of rotatable bonds is 3. The fourth-order valence-corrected chi connectivity index (χ4v) is 3.17. The van der Waals surface area contributed by atoms with Crippen LogP contribution >= 0.6 is 0 Å². The van der Waals surface area contributed by atoms with Crippen molar-refractivity contribution < 1.29 is 0 Å². The van der Waals surface area contributed by atoms with Gasteiger partial charge >= 0.3 is 0 Å². The Labute approximate surface area is 148 Å². The lowest BCUT2D eigenvalue weighted by Crippen LogP contribution is -2.12. The van der Waals surface area contributed by atoms with Crippen LogP contribution in [-0.2, 0) is 0 Å². The number of aromatic amines is 1. The highest BCUT2D eigenvalue weighted by Crippen LogP contribution is 2.32. The summed E-state index contributed by atoms with van der Waals surface area (Å²) in [6.07, 6.45) is 5.38. The molecule has 0 atom stereocenters. The maximum Gasteiger partial charge on any atom is 0.257 e. The van der Waals surface area contributed by atoms with Crippen LogP contribution in [0.3, 0.4) is 0 Å². The number of hydrogen-bond donors (Lipinski definition) is 1. The van der Waals surface area contributed by atoms with Gasteiger partial charge < -0.3 is 4.90 Å².